The van der Waals surface area contributed by atoms with Crippen LogP contribution in [0, 0.1) is 0 Å². The Kier molecular flexibility index (Phi) is 5.12. The maximum atomic E-state index is 11.2. The Morgan fingerprint density at radius 2 is 2.19 bits per heavy atom. The second-order valence-electron chi connectivity index (χ2n) is 3.26. The number of methoxy groups -OCH3 is 1. The summed E-state index contributed by atoms with van der Waals surface area (Å²) in [6, 6.07) is 5.38. The van der Waals surface area contributed by atoms with Gasteiger partial charge in [0.05, 0.1) is 13.7 Å². The maximum absolute atomic E-state index is 11.2. The molecule has 0 atom stereocenters. The standard InChI is InChI=1S/C12H15ClO3/c1-3-16-12(14)7-5-9-4-6-10(13)8-11(9)15-2/h4,6,8H,3,5,7H2,1-2H3. The molecule has 0 aromatic heterocycles. The summed E-state index contributed by atoms with van der Waals surface area (Å²) in [7, 11) is 1.58. The lowest BCUT2D eigenvalue weighted by molar-refractivity contribution is -0.143. The van der Waals surface area contributed by atoms with Gasteiger partial charge < -0.3 is 9.47 Å². The Hall–Kier alpha value is -1.22. The lowest BCUT2D eigenvalue weighted by atomic mass is 10.1. The molecule has 0 aliphatic carbocycles. The zero-order chi connectivity index (χ0) is 12.0. The van der Waals surface area contributed by atoms with E-state index in [-0.39, 0.29) is 5.97 Å². The van der Waals surface area contributed by atoms with Crippen molar-refractivity contribution in [2.24, 2.45) is 0 Å². The highest BCUT2D eigenvalue weighted by atomic mass is 35.5. The van der Waals surface area contributed by atoms with Crippen molar-refractivity contribution in [3.8, 4) is 5.75 Å². The molecule has 1 rings (SSSR count). The number of aryl methyl sites for hydroxylation is 1. The van der Waals surface area contributed by atoms with Gasteiger partial charge in [0.25, 0.3) is 0 Å². The molecule has 0 N–H and O–H groups in total. The number of ether oxygens (including phenoxy) is 2. The summed E-state index contributed by atoms with van der Waals surface area (Å²) >= 11 is 5.84. The Morgan fingerprint density at radius 1 is 1.44 bits per heavy atom. The molecule has 88 valence electrons. The van der Waals surface area contributed by atoms with E-state index in [4.69, 9.17) is 21.1 Å². The molecule has 0 unspecified atom stereocenters. The van der Waals surface area contributed by atoms with Crippen molar-refractivity contribution in [2.75, 3.05) is 13.7 Å². The Bertz CT molecular complexity index is 363. The molecular formula is C12H15ClO3. The summed E-state index contributed by atoms with van der Waals surface area (Å²) in [4.78, 5) is 11.2. The van der Waals surface area contributed by atoms with Crippen LogP contribution < -0.4 is 4.74 Å². The first kappa shape index (κ1) is 12.8. The molecule has 0 saturated carbocycles. The van der Waals surface area contributed by atoms with Gasteiger partial charge in [-0.2, -0.15) is 0 Å². The number of rotatable bonds is 5. The van der Waals surface area contributed by atoms with E-state index in [1.807, 2.05) is 6.07 Å². The molecule has 0 heterocycles. The third-order valence-electron chi connectivity index (χ3n) is 2.15. The lowest BCUT2D eigenvalue weighted by Crippen LogP contribution is -2.05. The zero-order valence-corrected chi connectivity index (χ0v) is 10.2. The van der Waals surface area contributed by atoms with Gasteiger partial charge in [-0.25, -0.2) is 0 Å². The van der Waals surface area contributed by atoms with E-state index in [0.717, 1.165) is 5.56 Å². The van der Waals surface area contributed by atoms with Crippen LogP contribution in [0.5, 0.6) is 5.75 Å². The summed E-state index contributed by atoms with van der Waals surface area (Å²) in [6.45, 7) is 2.21. The predicted octanol–water partition coefficient (Wildman–Crippen LogP) is 2.84. The zero-order valence-electron chi connectivity index (χ0n) is 9.46. The number of hydrogen-bond acceptors (Lipinski definition) is 3. The van der Waals surface area contributed by atoms with Gasteiger partial charge in [-0.1, -0.05) is 17.7 Å². The number of esters is 1. The third kappa shape index (κ3) is 3.74. The van der Waals surface area contributed by atoms with Gasteiger partial charge in [-0.05, 0) is 31.0 Å². The molecule has 0 fully saturated rings. The second-order valence-corrected chi connectivity index (χ2v) is 3.70. The Balaban J connectivity index is 2.63. The van der Waals surface area contributed by atoms with Gasteiger partial charge in [0.1, 0.15) is 5.75 Å². The number of hydrogen-bond donors (Lipinski definition) is 0. The molecule has 0 radical (unpaired) electrons. The van der Waals surface area contributed by atoms with Gasteiger partial charge in [-0.15, -0.1) is 0 Å². The molecule has 1 aromatic carbocycles. The SMILES string of the molecule is CCOC(=O)CCc1ccc(Cl)cc1OC. The van der Waals surface area contributed by atoms with E-state index in [2.05, 4.69) is 0 Å². The van der Waals surface area contributed by atoms with Gasteiger partial charge >= 0.3 is 5.97 Å². The topological polar surface area (TPSA) is 35.5 Å². The molecule has 0 spiro atoms. The van der Waals surface area contributed by atoms with Crippen molar-refractivity contribution in [3.63, 3.8) is 0 Å². The third-order valence-corrected chi connectivity index (χ3v) is 2.39. The predicted molar refractivity (Wildman–Crippen MR) is 63.0 cm³/mol. The second kappa shape index (κ2) is 6.38. The number of carbonyl (C=O) groups excluding carboxylic acids is 1. The first-order valence-electron chi connectivity index (χ1n) is 5.15. The van der Waals surface area contributed by atoms with Gasteiger partial charge in [0.2, 0.25) is 0 Å². The summed E-state index contributed by atoms with van der Waals surface area (Å²) < 4.78 is 10.0. The summed E-state index contributed by atoms with van der Waals surface area (Å²) in [6.07, 6.45) is 0.949. The summed E-state index contributed by atoms with van der Waals surface area (Å²) in [5.41, 5.74) is 0.958. The quantitative estimate of drug-likeness (QED) is 0.745. The number of benzene rings is 1. The Labute approximate surface area is 100 Å². The van der Waals surface area contributed by atoms with Gasteiger partial charge in [0, 0.05) is 11.4 Å². The first-order chi connectivity index (χ1) is 7.67. The average Bonchev–Trinajstić information content (AvgIpc) is 2.27. The minimum Gasteiger partial charge on any atom is -0.496 e. The van der Waals surface area contributed by atoms with Gasteiger partial charge in [0.15, 0.2) is 0 Å². The van der Waals surface area contributed by atoms with Crippen LogP contribution in [0.2, 0.25) is 5.02 Å². The molecular weight excluding hydrogens is 228 g/mol. The highest BCUT2D eigenvalue weighted by Crippen LogP contribution is 2.24. The van der Waals surface area contributed by atoms with Crippen molar-refractivity contribution in [1.82, 2.24) is 0 Å². The van der Waals surface area contributed by atoms with E-state index >= 15 is 0 Å². The molecule has 0 aliphatic rings. The molecule has 0 aliphatic heterocycles. The van der Waals surface area contributed by atoms with Crippen LogP contribution in [0.25, 0.3) is 0 Å². The first-order valence-corrected chi connectivity index (χ1v) is 5.53. The van der Waals surface area contributed by atoms with Crippen LogP contribution in [0.4, 0.5) is 0 Å². The van der Waals surface area contributed by atoms with Crippen molar-refractivity contribution < 1.29 is 14.3 Å². The average molecular weight is 243 g/mol. The molecule has 3 nitrogen and oxygen atoms in total. The lowest BCUT2D eigenvalue weighted by Gasteiger charge is -2.08. The van der Waals surface area contributed by atoms with E-state index in [0.29, 0.717) is 30.2 Å². The smallest absolute Gasteiger partial charge is 0.306 e. The van der Waals surface area contributed by atoms with Crippen LogP contribution in [0.3, 0.4) is 0 Å². The van der Waals surface area contributed by atoms with Crippen LogP contribution in [-0.4, -0.2) is 19.7 Å². The van der Waals surface area contributed by atoms with E-state index in [1.165, 1.54) is 0 Å². The molecule has 1 aromatic rings. The molecule has 0 amide bonds. The summed E-state index contributed by atoms with van der Waals surface area (Å²) in [5.74, 6) is 0.510. The number of halogens is 1. The molecule has 4 heteroatoms. The fourth-order valence-corrected chi connectivity index (χ4v) is 1.56. The van der Waals surface area contributed by atoms with Gasteiger partial charge in [-0.3, -0.25) is 4.79 Å². The highest BCUT2D eigenvalue weighted by molar-refractivity contribution is 6.30. The fraction of sp³-hybridized carbons (Fsp3) is 0.417. The van der Waals surface area contributed by atoms with Crippen molar-refractivity contribution in [2.45, 2.75) is 19.8 Å². The van der Waals surface area contributed by atoms with Crippen molar-refractivity contribution in [1.29, 1.82) is 0 Å². The molecule has 16 heavy (non-hydrogen) atoms. The molecule has 0 bridgehead atoms. The van der Waals surface area contributed by atoms with Crippen LogP contribution in [-0.2, 0) is 16.0 Å². The fourth-order valence-electron chi connectivity index (χ4n) is 1.39. The number of carbonyl (C=O) groups is 1. The largest absolute Gasteiger partial charge is 0.496 e. The van der Waals surface area contributed by atoms with Crippen molar-refractivity contribution >= 4 is 17.6 Å². The monoisotopic (exact) mass is 242 g/mol. The van der Waals surface area contributed by atoms with E-state index < -0.39 is 0 Å². The normalized spacial score (nSPS) is 9.94. The molecule has 0 saturated heterocycles. The maximum Gasteiger partial charge on any atom is 0.306 e. The minimum absolute atomic E-state index is 0.195. The van der Waals surface area contributed by atoms with Crippen LogP contribution in [0.15, 0.2) is 18.2 Å². The van der Waals surface area contributed by atoms with E-state index in [1.54, 1.807) is 26.2 Å². The minimum atomic E-state index is -0.195. The summed E-state index contributed by atoms with van der Waals surface area (Å²) in [5, 5.41) is 0.622. The van der Waals surface area contributed by atoms with Crippen molar-refractivity contribution in [3.05, 3.63) is 28.8 Å². The van der Waals surface area contributed by atoms with Crippen LogP contribution >= 0.6 is 11.6 Å². The van der Waals surface area contributed by atoms with Crippen LogP contribution in [0.1, 0.15) is 18.9 Å². The highest BCUT2D eigenvalue weighted by Gasteiger charge is 2.07. The Morgan fingerprint density at radius 3 is 2.81 bits per heavy atom. The van der Waals surface area contributed by atoms with E-state index in [9.17, 15) is 4.79 Å².